The van der Waals surface area contributed by atoms with Crippen molar-refractivity contribution in [1.29, 1.82) is 0 Å². The first-order valence-corrected chi connectivity index (χ1v) is 7.36. The number of carbonyl (C=O) groups excluding carboxylic acids is 1. The first-order valence-electron chi connectivity index (χ1n) is 4.53. The van der Waals surface area contributed by atoms with Crippen molar-refractivity contribution in [2.45, 2.75) is 13.3 Å². The van der Waals surface area contributed by atoms with E-state index in [1.54, 1.807) is 11.8 Å². The number of carbonyl (C=O) groups is 1. The number of rotatable bonds is 4. The van der Waals surface area contributed by atoms with Crippen LogP contribution in [0.1, 0.15) is 23.0 Å². The van der Waals surface area contributed by atoms with Gasteiger partial charge in [-0.1, -0.05) is 0 Å². The minimum absolute atomic E-state index is 0.146. The molecule has 1 aromatic rings. The van der Waals surface area contributed by atoms with Crippen molar-refractivity contribution in [2.24, 2.45) is 4.99 Å². The predicted molar refractivity (Wildman–Crippen MR) is 72.5 cm³/mol. The molecule has 0 unspecified atom stereocenters. The molecule has 0 aliphatic carbocycles. The lowest BCUT2D eigenvalue weighted by atomic mass is 10.2. The molecule has 0 aromatic carbocycles. The summed E-state index contributed by atoms with van der Waals surface area (Å²) in [4.78, 5) is 16.9. The average Bonchev–Trinajstić information content (AvgIpc) is 2.64. The fourth-order valence-corrected chi connectivity index (χ4v) is 2.91. The molecule has 0 radical (unpaired) electrons. The van der Waals surface area contributed by atoms with Gasteiger partial charge >= 0.3 is 0 Å². The standard InChI is InChI=1S/C10H12BrNOS2/c1-3-12-10(14-2)6-7(13)8-4-5-9(11)15-8/h4-5H,3,6H2,1-2H3. The van der Waals surface area contributed by atoms with Gasteiger partial charge in [0.1, 0.15) is 0 Å². The van der Waals surface area contributed by atoms with E-state index in [0.29, 0.717) is 6.42 Å². The first kappa shape index (κ1) is 12.9. The number of Topliss-reactive ketones (excluding diaryl/α,β-unsaturated/α-hetero) is 1. The van der Waals surface area contributed by atoms with Crippen molar-refractivity contribution in [3.8, 4) is 0 Å². The quantitative estimate of drug-likeness (QED) is 0.480. The van der Waals surface area contributed by atoms with Crippen molar-refractivity contribution in [3.05, 3.63) is 20.8 Å². The molecule has 1 heterocycles. The van der Waals surface area contributed by atoms with Crippen LogP contribution in [-0.4, -0.2) is 23.6 Å². The Labute approximate surface area is 106 Å². The van der Waals surface area contributed by atoms with Crippen LogP contribution in [0.2, 0.25) is 0 Å². The summed E-state index contributed by atoms with van der Waals surface area (Å²) in [5, 5.41) is 0.909. The van der Waals surface area contributed by atoms with Crippen molar-refractivity contribution in [1.82, 2.24) is 0 Å². The zero-order chi connectivity index (χ0) is 11.3. The van der Waals surface area contributed by atoms with Crippen LogP contribution in [0, 0.1) is 0 Å². The Hall–Kier alpha value is -0.130. The SMILES string of the molecule is CCN=C(CC(=O)c1ccc(Br)s1)SC. The number of aliphatic imine (C=N–C) groups is 1. The topological polar surface area (TPSA) is 29.4 Å². The van der Waals surface area contributed by atoms with Crippen molar-refractivity contribution in [3.63, 3.8) is 0 Å². The van der Waals surface area contributed by atoms with Gasteiger partial charge in [0.15, 0.2) is 5.78 Å². The normalized spacial score (nSPS) is 11.8. The molecule has 0 N–H and O–H groups in total. The summed E-state index contributed by atoms with van der Waals surface area (Å²) in [6.07, 6.45) is 2.37. The van der Waals surface area contributed by atoms with Crippen LogP contribution in [0.4, 0.5) is 0 Å². The molecule has 82 valence electrons. The molecule has 0 amide bonds. The van der Waals surface area contributed by atoms with Gasteiger partial charge in [-0.3, -0.25) is 9.79 Å². The number of hydrogen-bond donors (Lipinski definition) is 0. The number of thiophene rings is 1. The van der Waals surface area contributed by atoms with Crippen LogP contribution in [0.15, 0.2) is 20.9 Å². The van der Waals surface area contributed by atoms with E-state index in [9.17, 15) is 4.79 Å². The molecule has 1 aromatic heterocycles. The van der Waals surface area contributed by atoms with E-state index in [-0.39, 0.29) is 5.78 Å². The molecule has 2 nitrogen and oxygen atoms in total. The summed E-state index contributed by atoms with van der Waals surface area (Å²) in [5.74, 6) is 0.146. The highest BCUT2D eigenvalue weighted by atomic mass is 79.9. The lowest BCUT2D eigenvalue weighted by molar-refractivity contribution is 0.100. The second kappa shape index (κ2) is 6.45. The maximum atomic E-state index is 11.8. The van der Waals surface area contributed by atoms with Crippen LogP contribution in [0.5, 0.6) is 0 Å². The van der Waals surface area contributed by atoms with Gasteiger partial charge in [-0.05, 0) is 41.2 Å². The number of hydrogen-bond acceptors (Lipinski definition) is 4. The van der Waals surface area contributed by atoms with E-state index < -0.39 is 0 Å². The van der Waals surface area contributed by atoms with Crippen molar-refractivity contribution in [2.75, 3.05) is 12.8 Å². The third-order valence-corrected chi connectivity index (χ3v) is 4.14. The van der Waals surface area contributed by atoms with Gasteiger partial charge in [-0.25, -0.2) is 0 Å². The lowest BCUT2D eigenvalue weighted by Gasteiger charge is -2.00. The number of nitrogens with zero attached hydrogens (tertiary/aromatic N) is 1. The summed E-state index contributed by atoms with van der Waals surface area (Å²) in [6.45, 7) is 2.71. The number of ketones is 1. The molecule has 0 fully saturated rings. The highest BCUT2D eigenvalue weighted by Crippen LogP contribution is 2.23. The Morgan fingerprint density at radius 1 is 1.60 bits per heavy atom. The van der Waals surface area contributed by atoms with Crippen LogP contribution in [0.3, 0.4) is 0 Å². The molecule has 0 atom stereocenters. The van der Waals surface area contributed by atoms with Crippen LogP contribution in [0.25, 0.3) is 0 Å². The summed E-state index contributed by atoms with van der Waals surface area (Å²) >= 11 is 6.36. The largest absolute Gasteiger partial charge is 0.293 e. The zero-order valence-corrected chi connectivity index (χ0v) is 11.8. The number of thioether (sulfide) groups is 1. The summed E-state index contributed by atoms with van der Waals surface area (Å²) < 4.78 is 0.990. The zero-order valence-electron chi connectivity index (χ0n) is 8.62. The van der Waals surface area contributed by atoms with E-state index in [1.165, 1.54) is 11.3 Å². The molecular formula is C10H12BrNOS2. The molecule has 0 bridgehead atoms. The van der Waals surface area contributed by atoms with Gasteiger partial charge in [-0.2, -0.15) is 0 Å². The second-order valence-electron chi connectivity index (χ2n) is 2.78. The Morgan fingerprint density at radius 3 is 2.80 bits per heavy atom. The molecule has 1 rings (SSSR count). The predicted octanol–water partition coefficient (Wildman–Crippen LogP) is 3.86. The average molecular weight is 306 g/mol. The Balaban J connectivity index is 2.66. The monoisotopic (exact) mass is 305 g/mol. The lowest BCUT2D eigenvalue weighted by Crippen LogP contribution is -2.03. The Morgan fingerprint density at radius 2 is 2.33 bits per heavy atom. The molecule has 0 spiro atoms. The third-order valence-electron chi connectivity index (χ3n) is 1.73. The van der Waals surface area contributed by atoms with E-state index in [1.807, 2.05) is 25.3 Å². The van der Waals surface area contributed by atoms with Gasteiger partial charge in [0.25, 0.3) is 0 Å². The Bertz CT molecular complexity index is 373. The number of halogens is 1. The minimum Gasteiger partial charge on any atom is -0.293 e. The van der Waals surface area contributed by atoms with E-state index in [4.69, 9.17) is 0 Å². The van der Waals surface area contributed by atoms with Crippen LogP contribution in [-0.2, 0) is 0 Å². The molecule has 0 aliphatic rings. The third kappa shape index (κ3) is 4.09. The molecule has 0 aliphatic heterocycles. The highest BCUT2D eigenvalue weighted by Gasteiger charge is 2.11. The highest BCUT2D eigenvalue weighted by molar-refractivity contribution is 9.11. The fraction of sp³-hybridized carbons (Fsp3) is 0.400. The summed E-state index contributed by atoms with van der Waals surface area (Å²) in [6, 6.07) is 3.74. The fourth-order valence-electron chi connectivity index (χ4n) is 1.06. The van der Waals surface area contributed by atoms with E-state index in [0.717, 1.165) is 20.3 Å². The van der Waals surface area contributed by atoms with Crippen molar-refractivity contribution >= 4 is 49.9 Å². The first-order chi connectivity index (χ1) is 7.17. The van der Waals surface area contributed by atoms with E-state index >= 15 is 0 Å². The van der Waals surface area contributed by atoms with Crippen LogP contribution >= 0.6 is 39.0 Å². The maximum absolute atomic E-state index is 11.8. The van der Waals surface area contributed by atoms with Gasteiger partial charge in [-0.15, -0.1) is 23.1 Å². The second-order valence-corrected chi connectivity index (χ2v) is 6.12. The van der Waals surface area contributed by atoms with Crippen LogP contribution < -0.4 is 0 Å². The Kier molecular flexibility index (Phi) is 5.56. The summed E-state index contributed by atoms with van der Waals surface area (Å²) in [7, 11) is 0. The molecule has 15 heavy (non-hydrogen) atoms. The van der Waals surface area contributed by atoms with Gasteiger partial charge in [0.2, 0.25) is 0 Å². The van der Waals surface area contributed by atoms with Gasteiger partial charge in [0, 0.05) is 6.54 Å². The van der Waals surface area contributed by atoms with E-state index in [2.05, 4.69) is 20.9 Å². The van der Waals surface area contributed by atoms with Crippen molar-refractivity contribution < 1.29 is 4.79 Å². The minimum atomic E-state index is 0.146. The molecule has 0 saturated heterocycles. The molecule has 0 saturated carbocycles. The van der Waals surface area contributed by atoms with Gasteiger partial charge < -0.3 is 0 Å². The molecular weight excluding hydrogens is 294 g/mol. The maximum Gasteiger partial charge on any atom is 0.179 e. The van der Waals surface area contributed by atoms with Gasteiger partial charge in [0.05, 0.1) is 20.1 Å². The summed E-state index contributed by atoms with van der Waals surface area (Å²) in [5.41, 5.74) is 0. The molecule has 5 heteroatoms. The smallest absolute Gasteiger partial charge is 0.179 e.